The summed E-state index contributed by atoms with van der Waals surface area (Å²) >= 11 is 1.46. The number of rotatable bonds is 5. The summed E-state index contributed by atoms with van der Waals surface area (Å²) in [5.41, 5.74) is 4.50. The van der Waals surface area contributed by atoms with Crippen LogP contribution in [0, 0.1) is 6.92 Å². The average Bonchev–Trinajstić information content (AvgIpc) is 3.25. The molecule has 3 aromatic carbocycles. The standard InChI is InChI=1S/C28H27N3O2S/c1-21-11-13-24(14-12-21)30-15-17-31(18-16-30)28-29-27(32)26(34-28)19-23-9-5-6-10-25(23)33-20-22-7-3-2-4-8-22/h2-14,19H,15-18,20H2,1H3. The van der Waals surface area contributed by atoms with Crippen LogP contribution < -0.4 is 9.64 Å². The van der Waals surface area contributed by atoms with Crippen molar-refractivity contribution in [2.75, 3.05) is 31.1 Å². The van der Waals surface area contributed by atoms with Gasteiger partial charge in [0.15, 0.2) is 5.17 Å². The van der Waals surface area contributed by atoms with Crippen molar-refractivity contribution in [1.29, 1.82) is 0 Å². The number of carbonyl (C=O) groups excluding carboxylic acids is 1. The first kappa shape index (κ1) is 22.3. The third kappa shape index (κ3) is 5.18. The number of hydrogen-bond acceptors (Lipinski definition) is 5. The number of para-hydroxylation sites is 1. The van der Waals surface area contributed by atoms with Gasteiger partial charge in [0.2, 0.25) is 0 Å². The zero-order valence-corrected chi connectivity index (χ0v) is 20.0. The van der Waals surface area contributed by atoms with E-state index < -0.39 is 0 Å². The lowest BCUT2D eigenvalue weighted by Crippen LogP contribution is -2.47. The van der Waals surface area contributed by atoms with E-state index in [1.807, 2.05) is 60.7 Å². The first-order valence-corrected chi connectivity index (χ1v) is 12.3. The summed E-state index contributed by atoms with van der Waals surface area (Å²) in [7, 11) is 0. The van der Waals surface area contributed by atoms with Crippen molar-refractivity contribution in [2.45, 2.75) is 13.5 Å². The van der Waals surface area contributed by atoms with Crippen molar-refractivity contribution in [1.82, 2.24) is 4.90 Å². The summed E-state index contributed by atoms with van der Waals surface area (Å²) in [4.78, 5) is 22.3. The highest BCUT2D eigenvalue weighted by Crippen LogP contribution is 2.33. The number of hydrogen-bond donors (Lipinski definition) is 0. The second-order valence-corrected chi connectivity index (χ2v) is 9.44. The highest BCUT2D eigenvalue weighted by Gasteiger charge is 2.28. The minimum atomic E-state index is -0.182. The van der Waals surface area contributed by atoms with Crippen molar-refractivity contribution in [2.24, 2.45) is 4.99 Å². The Kier molecular flexibility index (Phi) is 6.67. The van der Waals surface area contributed by atoms with Gasteiger partial charge in [0, 0.05) is 37.4 Å². The number of benzene rings is 3. The third-order valence-corrected chi connectivity index (χ3v) is 7.05. The highest BCUT2D eigenvalue weighted by molar-refractivity contribution is 8.18. The summed E-state index contributed by atoms with van der Waals surface area (Å²) in [6.07, 6.45) is 1.90. The molecule has 6 heteroatoms. The second kappa shape index (κ2) is 10.2. The largest absolute Gasteiger partial charge is 0.488 e. The van der Waals surface area contributed by atoms with Gasteiger partial charge in [0.25, 0.3) is 5.91 Å². The molecule has 0 atom stereocenters. The van der Waals surface area contributed by atoms with Gasteiger partial charge in [-0.2, -0.15) is 4.99 Å². The van der Waals surface area contributed by atoms with Gasteiger partial charge in [-0.05, 0) is 48.5 Å². The minimum Gasteiger partial charge on any atom is -0.488 e. The number of amidine groups is 1. The molecule has 0 aliphatic carbocycles. The van der Waals surface area contributed by atoms with Crippen molar-refractivity contribution in [3.8, 4) is 5.75 Å². The molecular formula is C28H27N3O2S. The number of ether oxygens (including phenoxy) is 1. The Morgan fingerprint density at radius 3 is 2.32 bits per heavy atom. The summed E-state index contributed by atoms with van der Waals surface area (Å²) in [6.45, 7) is 6.09. The Morgan fingerprint density at radius 2 is 1.56 bits per heavy atom. The Hall–Kier alpha value is -3.51. The van der Waals surface area contributed by atoms with Crippen LogP contribution in [0.4, 0.5) is 5.69 Å². The molecule has 0 saturated carbocycles. The maximum Gasteiger partial charge on any atom is 0.286 e. The SMILES string of the molecule is Cc1ccc(N2CCN(C3=NC(=O)C(=Cc4ccccc4OCc4ccccc4)S3)CC2)cc1. The number of aliphatic imine (C=N–C) groups is 1. The van der Waals surface area contributed by atoms with Gasteiger partial charge >= 0.3 is 0 Å². The molecule has 2 aliphatic rings. The van der Waals surface area contributed by atoms with Gasteiger partial charge < -0.3 is 14.5 Å². The zero-order chi connectivity index (χ0) is 23.3. The number of piperazine rings is 1. The highest BCUT2D eigenvalue weighted by atomic mass is 32.2. The van der Waals surface area contributed by atoms with E-state index in [-0.39, 0.29) is 5.91 Å². The lowest BCUT2D eigenvalue weighted by molar-refractivity contribution is -0.113. The molecule has 1 amide bonds. The smallest absolute Gasteiger partial charge is 0.286 e. The molecular weight excluding hydrogens is 442 g/mol. The predicted molar refractivity (Wildman–Crippen MR) is 140 cm³/mol. The maximum absolute atomic E-state index is 12.7. The molecule has 5 nitrogen and oxygen atoms in total. The van der Waals surface area contributed by atoms with Gasteiger partial charge in [0.05, 0.1) is 4.91 Å². The molecule has 0 bridgehead atoms. The second-order valence-electron chi connectivity index (χ2n) is 8.43. The van der Waals surface area contributed by atoms with Crippen LogP contribution in [0.5, 0.6) is 5.75 Å². The van der Waals surface area contributed by atoms with Crippen LogP contribution in [0.1, 0.15) is 16.7 Å². The van der Waals surface area contributed by atoms with Crippen LogP contribution in [0.2, 0.25) is 0 Å². The van der Waals surface area contributed by atoms with E-state index in [4.69, 9.17) is 4.74 Å². The molecule has 34 heavy (non-hydrogen) atoms. The number of thioether (sulfide) groups is 1. The van der Waals surface area contributed by atoms with Crippen LogP contribution >= 0.6 is 11.8 Å². The van der Waals surface area contributed by atoms with Crippen LogP contribution in [-0.2, 0) is 11.4 Å². The van der Waals surface area contributed by atoms with E-state index >= 15 is 0 Å². The number of carbonyl (C=O) groups is 1. The minimum absolute atomic E-state index is 0.182. The topological polar surface area (TPSA) is 45.1 Å². The number of nitrogens with zero attached hydrogens (tertiary/aromatic N) is 3. The first-order valence-electron chi connectivity index (χ1n) is 11.5. The average molecular weight is 470 g/mol. The molecule has 3 aromatic rings. The Labute approximate surface area is 204 Å². The Bertz CT molecular complexity index is 1210. The summed E-state index contributed by atoms with van der Waals surface area (Å²) in [5, 5.41) is 0.794. The third-order valence-electron chi connectivity index (χ3n) is 6.00. The molecule has 0 spiro atoms. The number of amides is 1. The van der Waals surface area contributed by atoms with E-state index in [9.17, 15) is 4.79 Å². The normalized spacial score (nSPS) is 17.3. The van der Waals surface area contributed by atoms with Crippen molar-refractivity contribution in [3.63, 3.8) is 0 Å². The predicted octanol–water partition coefficient (Wildman–Crippen LogP) is 5.37. The van der Waals surface area contributed by atoms with E-state index in [0.29, 0.717) is 11.5 Å². The van der Waals surface area contributed by atoms with E-state index in [1.54, 1.807) is 0 Å². The van der Waals surface area contributed by atoms with Crippen molar-refractivity contribution >= 4 is 34.6 Å². The fourth-order valence-corrected chi connectivity index (χ4v) is 5.01. The quantitative estimate of drug-likeness (QED) is 0.471. The van der Waals surface area contributed by atoms with Gasteiger partial charge in [-0.3, -0.25) is 4.79 Å². The molecule has 0 aromatic heterocycles. The molecule has 0 radical (unpaired) electrons. The fourth-order valence-electron chi connectivity index (χ4n) is 4.05. The molecule has 2 heterocycles. The molecule has 172 valence electrons. The van der Waals surface area contributed by atoms with Gasteiger partial charge in [-0.15, -0.1) is 0 Å². The lowest BCUT2D eigenvalue weighted by Gasteiger charge is -2.36. The van der Waals surface area contributed by atoms with Crippen LogP contribution in [-0.4, -0.2) is 42.2 Å². The fraction of sp³-hybridized carbons (Fsp3) is 0.214. The van der Waals surface area contributed by atoms with Crippen LogP contribution in [0.15, 0.2) is 88.8 Å². The van der Waals surface area contributed by atoms with Crippen LogP contribution in [0.3, 0.4) is 0 Å². The molecule has 2 aliphatic heterocycles. The zero-order valence-electron chi connectivity index (χ0n) is 19.2. The molecule has 5 rings (SSSR count). The van der Waals surface area contributed by atoms with Crippen LogP contribution in [0.25, 0.3) is 6.08 Å². The van der Waals surface area contributed by atoms with E-state index in [2.05, 4.69) is 46.0 Å². The van der Waals surface area contributed by atoms with Crippen molar-refractivity contribution < 1.29 is 9.53 Å². The van der Waals surface area contributed by atoms with Gasteiger partial charge in [-0.1, -0.05) is 66.2 Å². The lowest BCUT2D eigenvalue weighted by atomic mass is 10.2. The summed E-state index contributed by atoms with van der Waals surface area (Å²) < 4.78 is 6.05. The number of aryl methyl sites for hydroxylation is 1. The van der Waals surface area contributed by atoms with Crippen molar-refractivity contribution in [3.05, 3.63) is 100 Å². The number of anilines is 1. The van der Waals surface area contributed by atoms with E-state index in [1.165, 1.54) is 23.0 Å². The molecule has 1 saturated heterocycles. The summed E-state index contributed by atoms with van der Waals surface area (Å²) in [5.74, 6) is 0.575. The molecule has 0 unspecified atom stereocenters. The monoisotopic (exact) mass is 469 g/mol. The van der Waals surface area contributed by atoms with Gasteiger partial charge in [0.1, 0.15) is 12.4 Å². The maximum atomic E-state index is 12.7. The first-order chi connectivity index (χ1) is 16.7. The Balaban J connectivity index is 1.23. The molecule has 1 fully saturated rings. The molecule has 0 N–H and O–H groups in total. The Morgan fingerprint density at radius 1 is 0.882 bits per heavy atom. The van der Waals surface area contributed by atoms with Gasteiger partial charge in [-0.25, -0.2) is 0 Å². The van der Waals surface area contributed by atoms with E-state index in [0.717, 1.165) is 48.2 Å². The summed E-state index contributed by atoms with van der Waals surface area (Å²) in [6, 6.07) is 26.5.